The number of rotatable bonds is 7. The van der Waals surface area contributed by atoms with Crippen molar-refractivity contribution < 1.29 is 4.79 Å². The second-order valence-electron chi connectivity index (χ2n) is 10.0. The van der Waals surface area contributed by atoms with E-state index in [-0.39, 0.29) is 17.9 Å². The van der Waals surface area contributed by atoms with Crippen LogP contribution in [-0.4, -0.2) is 35.4 Å². The quantitative estimate of drug-likeness (QED) is 0.554. The van der Waals surface area contributed by atoms with Crippen LogP contribution in [0.2, 0.25) is 0 Å². The molecule has 4 rings (SSSR count). The lowest BCUT2D eigenvalue weighted by Crippen LogP contribution is -2.33. The van der Waals surface area contributed by atoms with Crippen LogP contribution in [0.25, 0.3) is 11.1 Å². The van der Waals surface area contributed by atoms with Crippen molar-refractivity contribution in [3.8, 4) is 17.2 Å². The maximum Gasteiger partial charge on any atom is 0.168 e. The zero-order valence-electron chi connectivity index (χ0n) is 20.3. The summed E-state index contributed by atoms with van der Waals surface area (Å²) in [6.45, 7) is 5.90. The van der Waals surface area contributed by atoms with Crippen LogP contribution in [0.1, 0.15) is 80.9 Å². The predicted molar refractivity (Wildman–Crippen MR) is 136 cm³/mol. The summed E-state index contributed by atoms with van der Waals surface area (Å²) in [7, 11) is 0. The molecule has 0 amide bonds. The summed E-state index contributed by atoms with van der Waals surface area (Å²) in [5.74, 6) is 2.00. The highest BCUT2D eigenvalue weighted by Crippen LogP contribution is 2.37. The van der Waals surface area contributed by atoms with Crippen LogP contribution in [0, 0.1) is 23.2 Å². The maximum absolute atomic E-state index is 11.8. The smallest absolute Gasteiger partial charge is 0.168 e. The Morgan fingerprint density at radius 2 is 1.91 bits per heavy atom. The van der Waals surface area contributed by atoms with Crippen LogP contribution in [0.5, 0.6) is 0 Å². The molecular weight excluding hydrogens is 424 g/mol. The Labute approximate surface area is 202 Å². The lowest BCUT2D eigenvalue weighted by Gasteiger charge is -2.30. The van der Waals surface area contributed by atoms with E-state index in [2.05, 4.69) is 41.2 Å². The van der Waals surface area contributed by atoms with Gasteiger partial charge >= 0.3 is 0 Å². The van der Waals surface area contributed by atoms with Crippen molar-refractivity contribution in [1.82, 2.24) is 9.97 Å². The molecule has 3 N–H and O–H groups in total. The lowest BCUT2D eigenvalue weighted by molar-refractivity contribution is 0.111. The second-order valence-corrected chi connectivity index (χ2v) is 10.0. The van der Waals surface area contributed by atoms with Crippen LogP contribution in [-0.2, 0) is 0 Å². The number of carbonyl (C=O) groups excluding carboxylic acids is 1. The molecule has 1 unspecified atom stereocenters. The van der Waals surface area contributed by atoms with Crippen LogP contribution in [0.15, 0.2) is 24.4 Å². The van der Waals surface area contributed by atoms with Gasteiger partial charge in [-0.05, 0) is 55.4 Å². The van der Waals surface area contributed by atoms with Gasteiger partial charge in [-0.1, -0.05) is 33.1 Å². The number of hydrogen-bond donors (Lipinski definition) is 2. The topological polar surface area (TPSA) is 108 Å². The molecule has 7 nitrogen and oxygen atoms in total. The number of nitrogens with zero attached hydrogens (tertiary/aromatic N) is 4. The van der Waals surface area contributed by atoms with Gasteiger partial charge in [0.2, 0.25) is 0 Å². The molecule has 0 aromatic carbocycles. The third-order valence-electron chi connectivity index (χ3n) is 7.26. The molecule has 2 aromatic rings. The number of piperidine rings is 1. The number of nitrogens with one attached hydrogen (secondary N) is 1. The average molecular weight is 461 g/mol. The van der Waals surface area contributed by atoms with E-state index in [1.165, 1.54) is 19.3 Å². The number of pyridine rings is 2. The summed E-state index contributed by atoms with van der Waals surface area (Å²) in [5.41, 5.74) is 9.92. The molecule has 7 heteroatoms. The number of carbonyl (C=O) groups is 1. The highest BCUT2D eigenvalue weighted by molar-refractivity contribution is 5.81. The van der Waals surface area contributed by atoms with Gasteiger partial charge < -0.3 is 16.0 Å². The molecule has 1 saturated heterocycles. The Hall–Kier alpha value is -2.98. The third kappa shape index (κ3) is 5.39. The molecule has 1 aliphatic heterocycles. The minimum atomic E-state index is -0.223. The molecule has 2 aliphatic rings. The first kappa shape index (κ1) is 24.2. The summed E-state index contributed by atoms with van der Waals surface area (Å²) < 4.78 is 0. The van der Waals surface area contributed by atoms with Crippen molar-refractivity contribution in [3.05, 3.63) is 35.7 Å². The number of hydrogen-bond acceptors (Lipinski definition) is 7. The molecule has 180 valence electrons. The van der Waals surface area contributed by atoms with E-state index >= 15 is 0 Å². The van der Waals surface area contributed by atoms with Crippen LogP contribution >= 0.6 is 0 Å². The van der Waals surface area contributed by atoms with Gasteiger partial charge in [-0.15, -0.1) is 0 Å². The Morgan fingerprint density at radius 1 is 1.18 bits per heavy atom. The molecule has 2 aromatic heterocycles. The number of anilines is 2. The fourth-order valence-electron chi connectivity index (χ4n) is 5.07. The van der Waals surface area contributed by atoms with Crippen molar-refractivity contribution in [2.75, 3.05) is 23.3 Å². The molecule has 2 fully saturated rings. The summed E-state index contributed by atoms with van der Waals surface area (Å²) in [5, 5.41) is 12.8. The standard InChI is InChI=1S/C27H36N6O/c1-18(2)26(29)25-23(14-22(17-34)32-27(25)31-21-6-4-3-5-7-21)20-8-9-24(30-16-20)33-12-10-19(15-28)11-13-33/h8-9,14,16-19,21,26H,3-7,10-13,29H2,1-2H3,(H,31,32). The van der Waals surface area contributed by atoms with Crippen molar-refractivity contribution in [3.63, 3.8) is 0 Å². The van der Waals surface area contributed by atoms with Crippen molar-refractivity contribution in [2.45, 2.75) is 70.9 Å². The third-order valence-corrected chi connectivity index (χ3v) is 7.26. The molecule has 3 heterocycles. The molecule has 1 atom stereocenters. The Kier molecular flexibility index (Phi) is 7.79. The average Bonchev–Trinajstić information content (AvgIpc) is 2.88. The van der Waals surface area contributed by atoms with Crippen molar-refractivity contribution >= 4 is 17.9 Å². The molecular formula is C27H36N6O. The fraction of sp³-hybridized carbons (Fsp3) is 0.556. The summed E-state index contributed by atoms with van der Waals surface area (Å²) >= 11 is 0. The van der Waals surface area contributed by atoms with Gasteiger partial charge in [0.05, 0.1) is 6.07 Å². The SMILES string of the molecule is CC(C)C(N)c1c(-c2ccc(N3CCC(C#N)CC3)nc2)cc(C=O)nc1NC1CCCCC1. The molecule has 0 spiro atoms. The predicted octanol–water partition coefficient (Wildman–Crippen LogP) is 5.10. The van der Waals surface area contributed by atoms with Crippen molar-refractivity contribution in [1.29, 1.82) is 5.26 Å². The summed E-state index contributed by atoms with van der Waals surface area (Å²) in [6, 6.07) is 8.44. The normalized spacial score (nSPS) is 18.5. The first-order valence-electron chi connectivity index (χ1n) is 12.6. The van der Waals surface area contributed by atoms with Crippen LogP contribution in [0.3, 0.4) is 0 Å². The zero-order valence-corrected chi connectivity index (χ0v) is 20.3. The summed E-state index contributed by atoms with van der Waals surface area (Å²) in [6.07, 6.45) is 10.3. The largest absolute Gasteiger partial charge is 0.367 e. The van der Waals surface area contributed by atoms with E-state index in [9.17, 15) is 4.79 Å². The Balaban J connectivity index is 1.69. The highest BCUT2D eigenvalue weighted by atomic mass is 16.1. The Morgan fingerprint density at radius 3 is 2.50 bits per heavy atom. The summed E-state index contributed by atoms with van der Waals surface area (Å²) in [4.78, 5) is 23.4. The fourth-order valence-corrected chi connectivity index (χ4v) is 5.07. The lowest BCUT2D eigenvalue weighted by atomic mass is 9.89. The van der Waals surface area contributed by atoms with Gasteiger partial charge in [0, 0.05) is 48.4 Å². The number of aldehydes is 1. The molecule has 0 bridgehead atoms. The first-order valence-corrected chi connectivity index (χ1v) is 12.6. The van der Waals surface area contributed by atoms with E-state index in [1.54, 1.807) is 0 Å². The van der Waals surface area contributed by atoms with E-state index in [0.29, 0.717) is 11.7 Å². The molecule has 34 heavy (non-hydrogen) atoms. The van der Waals surface area contributed by atoms with Gasteiger partial charge in [0.15, 0.2) is 6.29 Å². The monoisotopic (exact) mass is 460 g/mol. The maximum atomic E-state index is 11.8. The van der Waals surface area contributed by atoms with Gasteiger partial charge in [-0.3, -0.25) is 4.79 Å². The Bertz CT molecular complexity index is 1010. The minimum Gasteiger partial charge on any atom is -0.367 e. The minimum absolute atomic E-state index is 0.143. The van der Waals surface area contributed by atoms with E-state index in [0.717, 1.165) is 73.4 Å². The first-order chi connectivity index (χ1) is 16.5. The number of nitrogens with two attached hydrogens (primary N) is 1. The second kappa shape index (κ2) is 11.0. The van der Waals surface area contributed by atoms with E-state index in [4.69, 9.17) is 16.0 Å². The van der Waals surface area contributed by atoms with Crippen LogP contribution in [0.4, 0.5) is 11.6 Å². The van der Waals surface area contributed by atoms with E-state index in [1.807, 2.05) is 18.3 Å². The van der Waals surface area contributed by atoms with Crippen LogP contribution < -0.4 is 16.0 Å². The van der Waals surface area contributed by atoms with Gasteiger partial charge in [0.1, 0.15) is 17.3 Å². The van der Waals surface area contributed by atoms with Crippen molar-refractivity contribution in [2.24, 2.45) is 17.6 Å². The number of nitriles is 1. The van der Waals surface area contributed by atoms with Gasteiger partial charge in [-0.2, -0.15) is 5.26 Å². The van der Waals surface area contributed by atoms with Gasteiger partial charge in [0.25, 0.3) is 0 Å². The highest BCUT2D eigenvalue weighted by Gasteiger charge is 2.25. The molecule has 0 radical (unpaired) electrons. The molecule has 1 saturated carbocycles. The number of aromatic nitrogens is 2. The zero-order chi connectivity index (χ0) is 24.1. The van der Waals surface area contributed by atoms with Gasteiger partial charge in [-0.25, -0.2) is 9.97 Å². The molecule has 1 aliphatic carbocycles. The van der Waals surface area contributed by atoms with E-state index < -0.39 is 0 Å².